The van der Waals surface area contributed by atoms with E-state index in [1.807, 2.05) is 60.7 Å². The molecule has 0 amide bonds. The van der Waals surface area contributed by atoms with Crippen molar-refractivity contribution < 1.29 is 23.7 Å². The topological polar surface area (TPSA) is 54.0 Å². The first-order valence-corrected chi connectivity index (χ1v) is 11.6. The van der Waals surface area contributed by atoms with Gasteiger partial charge in [-0.15, -0.1) is 0 Å². The number of ether oxygens (including phenoxy) is 4. The van der Waals surface area contributed by atoms with E-state index in [2.05, 4.69) is 15.9 Å². The molecule has 0 unspecified atom stereocenters. The van der Waals surface area contributed by atoms with Crippen LogP contribution in [0.1, 0.15) is 22.3 Å². The van der Waals surface area contributed by atoms with Crippen molar-refractivity contribution in [1.29, 1.82) is 0 Å². The van der Waals surface area contributed by atoms with Crippen LogP contribution in [0.3, 0.4) is 0 Å². The average molecular weight is 535 g/mol. The van der Waals surface area contributed by atoms with Gasteiger partial charge in [0.2, 0.25) is 0 Å². The Bertz CT molecular complexity index is 1260. The van der Waals surface area contributed by atoms with Crippen LogP contribution in [-0.4, -0.2) is 34.2 Å². The van der Waals surface area contributed by atoms with E-state index in [0.717, 1.165) is 38.2 Å². The smallest absolute Gasteiger partial charge is 0.178 e. The zero-order chi connectivity index (χ0) is 25.2. The van der Waals surface area contributed by atoms with Crippen LogP contribution in [0.2, 0.25) is 0 Å². The van der Waals surface area contributed by atoms with Crippen LogP contribution in [0.25, 0.3) is 24.3 Å². The monoisotopic (exact) mass is 534 g/mol. The van der Waals surface area contributed by atoms with E-state index in [0.29, 0.717) is 11.5 Å². The van der Waals surface area contributed by atoms with Crippen LogP contribution >= 0.6 is 15.9 Å². The van der Waals surface area contributed by atoms with Crippen LogP contribution in [0, 0.1) is 0 Å². The number of allylic oxidation sites excluding steroid dienone is 2. The molecule has 5 nitrogen and oxygen atoms in total. The number of rotatable bonds is 10. The van der Waals surface area contributed by atoms with Gasteiger partial charge in [0.05, 0.1) is 32.9 Å². The van der Waals surface area contributed by atoms with Crippen molar-refractivity contribution in [1.82, 2.24) is 0 Å². The highest BCUT2D eigenvalue weighted by molar-refractivity contribution is 9.10. The molecule has 0 saturated carbocycles. The van der Waals surface area contributed by atoms with Gasteiger partial charge in [-0.05, 0) is 81.2 Å². The van der Waals surface area contributed by atoms with Gasteiger partial charge in [-0.1, -0.05) is 36.4 Å². The molecule has 0 atom stereocenters. The Morgan fingerprint density at radius 2 is 1.31 bits per heavy atom. The predicted molar refractivity (Wildman–Crippen MR) is 145 cm³/mol. The van der Waals surface area contributed by atoms with Gasteiger partial charge in [0.25, 0.3) is 0 Å². The number of hydrogen-bond acceptors (Lipinski definition) is 5. The Kier molecular flexibility index (Phi) is 9.32. The van der Waals surface area contributed by atoms with Crippen LogP contribution < -0.4 is 18.9 Å². The maximum absolute atomic E-state index is 12.6. The summed E-state index contributed by atoms with van der Waals surface area (Å²) in [5, 5.41) is 0. The standard InChI is InChI=1S/C29H27BrO5/c1-32-24-13-7-20(8-14-24)5-10-22-18-25(33-2)19-29(35-4)26(22)15-12-23(31)11-6-21-9-16-28(34-3)27(30)17-21/h5-19H,1-4H3/b10-5+,11-6+,15-12+. The first-order chi connectivity index (χ1) is 17.0. The summed E-state index contributed by atoms with van der Waals surface area (Å²) in [5.74, 6) is 2.63. The minimum absolute atomic E-state index is 0.153. The number of hydrogen-bond donors (Lipinski definition) is 0. The Morgan fingerprint density at radius 3 is 1.94 bits per heavy atom. The highest BCUT2D eigenvalue weighted by atomic mass is 79.9. The summed E-state index contributed by atoms with van der Waals surface area (Å²) >= 11 is 3.46. The van der Waals surface area contributed by atoms with Gasteiger partial charge in [-0.2, -0.15) is 0 Å². The zero-order valence-corrected chi connectivity index (χ0v) is 21.7. The van der Waals surface area contributed by atoms with Crippen molar-refractivity contribution in [2.45, 2.75) is 0 Å². The predicted octanol–water partition coefficient (Wildman–Crippen LogP) is 6.95. The highest BCUT2D eigenvalue weighted by Crippen LogP contribution is 2.31. The fourth-order valence-corrected chi connectivity index (χ4v) is 3.87. The molecular formula is C29H27BrO5. The lowest BCUT2D eigenvalue weighted by Crippen LogP contribution is -1.94. The molecule has 0 saturated heterocycles. The number of ketones is 1. The fourth-order valence-electron chi connectivity index (χ4n) is 3.31. The normalized spacial score (nSPS) is 11.3. The number of carbonyl (C=O) groups is 1. The fraction of sp³-hybridized carbons (Fsp3) is 0.138. The quantitative estimate of drug-likeness (QED) is 0.208. The molecule has 3 aromatic rings. The van der Waals surface area contributed by atoms with Gasteiger partial charge >= 0.3 is 0 Å². The lowest BCUT2D eigenvalue weighted by atomic mass is 10.0. The van der Waals surface area contributed by atoms with Crippen molar-refractivity contribution in [3.05, 3.63) is 93.5 Å². The van der Waals surface area contributed by atoms with Crippen molar-refractivity contribution in [3.8, 4) is 23.0 Å². The molecule has 3 rings (SSSR count). The highest BCUT2D eigenvalue weighted by Gasteiger charge is 2.09. The first kappa shape index (κ1) is 25.8. The lowest BCUT2D eigenvalue weighted by molar-refractivity contribution is -0.110. The molecule has 0 aromatic heterocycles. The SMILES string of the molecule is COc1ccc(/C=C/c2cc(OC)cc(OC)c2/C=C/C(=O)/C=C/c2ccc(OC)c(Br)c2)cc1. The molecule has 0 fully saturated rings. The van der Waals surface area contributed by atoms with E-state index in [1.54, 1.807) is 46.7 Å². The van der Waals surface area contributed by atoms with E-state index < -0.39 is 0 Å². The average Bonchev–Trinajstić information content (AvgIpc) is 2.89. The molecule has 0 bridgehead atoms. The molecule has 6 heteroatoms. The maximum Gasteiger partial charge on any atom is 0.178 e. The summed E-state index contributed by atoms with van der Waals surface area (Å²) in [6, 6.07) is 17.0. The Hall–Kier alpha value is -3.77. The maximum atomic E-state index is 12.6. The third-order valence-electron chi connectivity index (χ3n) is 5.20. The van der Waals surface area contributed by atoms with Gasteiger partial charge in [-0.25, -0.2) is 0 Å². The Balaban J connectivity index is 1.86. The first-order valence-electron chi connectivity index (χ1n) is 10.8. The van der Waals surface area contributed by atoms with Crippen LogP contribution in [-0.2, 0) is 4.79 Å². The lowest BCUT2D eigenvalue weighted by Gasteiger charge is -2.11. The Labute approximate surface area is 214 Å². The molecule has 35 heavy (non-hydrogen) atoms. The van der Waals surface area contributed by atoms with Crippen molar-refractivity contribution in [2.24, 2.45) is 0 Å². The summed E-state index contributed by atoms with van der Waals surface area (Å²) in [4.78, 5) is 12.6. The van der Waals surface area contributed by atoms with Gasteiger partial charge in [0.1, 0.15) is 23.0 Å². The molecule has 0 aliphatic heterocycles. The minimum Gasteiger partial charge on any atom is -0.497 e. The van der Waals surface area contributed by atoms with Crippen LogP contribution in [0.15, 0.2) is 71.2 Å². The second-order valence-electron chi connectivity index (χ2n) is 7.40. The molecule has 0 N–H and O–H groups in total. The second kappa shape index (κ2) is 12.6. The van der Waals surface area contributed by atoms with Crippen LogP contribution in [0.4, 0.5) is 0 Å². The molecule has 3 aromatic carbocycles. The molecule has 0 heterocycles. The number of carbonyl (C=O) groups excluding carboxylic acids is 1. The summed E-state index contributed by atoms with van der Waals surface area (Å²) in [5.41, 5.74) is 3.51. The third kappa shape index (κ3) is 7.11. The third-order valence-corrected chi connectivity index (χ3v) is 5.82. The molecule has 0 aliphatic rings. The van der Waals surface area contributed by atoms with E-state index in [4.69, 9.17) is 18.9 Å². The molecule has 0 spiro atoms. The molecular weight excluding hydrogens is 508 g/mol. The van der Waals surface area contributed by atoms with E-state index in [1.165, 1.54) is 12.2 Å². The molecule has 180 valence electrons. The summed E-state index contributed by atoms with van der Waals surface area (Å²) < 4.78 is 22.3. The second-order valence-corrected chi connectivity index (χ2v) is 8.26. The number of halogens is 1. The largest absolute Gasteiger partial charge is 0.497 e. The summed E-state index contributed by atoms with van der Waals surface area (Å²) in [6.07, 6.45) is 10.5. The molecule has 0 radical (unpaired) electrons. The summed E-state index contributed by atoms with van der Waals surface area (Å²) in [6.45, 7) is 0. The van der Waals surface area contributed by atoms with Gasteiger partial charge < -0.3 is 18.9 Å². The Morgan fingerprint density at radius 1 is 0.657 bits per heavy atom. The van der Waals surface area contributed by atoms with Crippen molar-refractivity contribution in [2.75, 3.05) is 28.4 Å². The van der Waals surface area contributed by atoms with Gasteiger partial charge in [0.15, 0.2) is 5.78 Å². The van der Waals surface area contributed by atoms with Crippen molar-refractivity contribution >= 4 is 46.0 Å². The van der Waals surface area contributed by atoms with Gasteiger partial charge in [0, 0.05) is 11.6 Å². The number of methoxy groups -OCH3 is 4. The van der Waals surface area contributed by atoms with Crippen molar-refractivity contribution in [3.63, 3.8) is 0 Å². The molecule has 0 aliphatic carbocycles. The zero-order valence-electron chi connectivity index (χ0n) is 20.1. The van der Waals surface area contributed by atoms with Gasteiger partial charge in [-0.3, -0.25) is 4.79 Å². The van der Waals surface area contributed by atoms with E-state index in [9.17, 15) is 4.79 Å². The van der Waals surface area contributed by atoms with Crippen LogP contribution in [0.5, 0.6) is 23.0 Å². The van der Waals surface area contributed by atoms with E-state index in [-0.39, 0.29) is 5.78 Å². The number of benzene rings is 3. The summed E-state index contributed by atoms with van der Waals surface area (Å²) in [7, 11) is 6.44. The minimum atomic E-state index is -0.153. The van der Waals surface area contributed by atoms with E-state index >= 15 is 0 Å².